The molecule has 1 aromatic heterocycles. The van der Waals surface area contributed by atoms with Gasteiger partial charge in [-0.3, -0.25) is 4.79 Å². The van der Waals surface area contributed by atoms with Crippen LogP contribution in [0.1, 0.15) is 29.6 Å². The van der Waals surface area contributed by atoms with E-state index in [1.54, 1.807) is 18.3 Å². The summed E-state index contributed by atoms with van der Waals surface area (Å²) in [7, 11) is 0. The van der Waals surface area contributed by atoms with Crippen LogP contribution in [0, 0.1) is 0 Å². The van der Waals surface area contributed by atoms with E-state index in [-0.39, 0.29) is 12.0 Å². The fourth-order valence-electron chi connectivity index (χ4n) is 3.40. The highest BCUT2D eigenvalue weighted by Crippen LogP contribution is 2.31. The zero-order chi connectivity index (χ0) is 16.4. The van der Waals surface area contributed by atoms with E-state index in [0.29, 0.717) is 63.8 Å². The van der Waals surface area contributed by atoms with Gasteiger partial charge in [0, 0.05) is 50.2 Å². The molecule has 7 nitrogen and oxygen atoms in total. The van der Waals surface area contributed by atoms with Gasteiger partial charge in [-0.05, 0) is 6.07 Å². The van der Waals surface area contributed by atoms with Crippen molar-refractivity contribution in [2.75, 3.05) is 39.5 Å². The topological polar surface area (TPSA) is 70.1 Å². The van der Waals surface area contributed by atoms with Crippen LogP contribution >= 0.6 is 0 Å². The summed E-state index contributed by atoms with van der Waals surface area (Å²) in [6.45, 7) is 3.84. The van der Waals surface area contributed by atoms with Crippen molar-refractivity contribution in [3.8, 4) is 5.88 Å². The number of aromatic nitrogens is 1. The second kappa shape index (κ2) is 6.66. The molecule has 130 valence electrons. The third-order valence-corrected chi connectivity index (χ3v) is 4.78. The maximum atomic E-state index is 12.7. The third kappa shape index (κ3) is 3.24. The number of rotatable bonds is 3. The summed E-state index contributed by atoms with van der Waals surface area (Å²) < 4.78 is 22.5. The zero-order valence-electron chi connectivity index (χ0n) is 13.6. The van der Waals surface area contributed by atoms with Gasteiger partial charge in [-0.1, -0.05) is 0 Å². The van der Waals surface area contributed by atoms with Crippen molar-refractivity contribution in [1.82, 2.24) is 9.88 Å². The molecule has 1 amide bonds. The fourth-order valence-corrected chi connectivity index (χ4v) is 3.40. The molecule has 7 heteroatoms. The molecule has 24 heavy (non-hydrogen) atoms. The maximum Gasteiger partial charge on any atom is 0.254 e. The zero-order valence-corrected chi connectivity index (χ0v) is 13.6. The van der Waals surface area contributed by atoms with Crippen LogP contribution in [0.4, 0.5) is 0 Å². The molecule has 4 rings (SSSR count). The van der Waals surface area contributed by atoms with Gasteiger partial charge in [-0.2, -0.15) is 0 Å². The molecule has 0 bridgehead atoms. The lowest BCUT2D eigenvalue weighted by atomic mass is 10.0. The monoisotopic (exact) mass is 334 g/mol. The molecule has 0 saturated carbocycles. The molecule has 0 radical (unpaired) electrons. The standard InChI is InChI=1S/C17H22N2O5/c20-16(19-6-3-17(4-7-19)22-9-10-23-17)13-1-5-18-15(11-13)24-14-2-8-21-12-14/h1,5,11,14H,2-4,6-10,12H2. The summed E-state index contributed by atoms with van der Waals surface area (Å²) in [5.74, 6) is 0.0104. The molecule has 0 N–H and O–H groups in total. The first-order valence-corrected chi connectivity index (χ1v) is 8.52. The van der Waals surface area contributed by atoms with Gasteiger partial charge in [0.1, 0.15) is 6.10 Å². The van der Waals surface area contributed by atoms with Crippen molar-refractivity contribution >= 4 is 5.91 Å². The minimum Gasteiger partial charge on any atom is -0.472 e. The van der Waals surface area contributed by atoms with Crippen molar-refractivity contribution in [2.24, 2.45) is 0 Å². The van der Waals surface area contributed by atoms with Crippen LogP contribution in [0.15, 0.2) is 18.3 Å². The van der Waals surface area contributed by atoms with Gasteiger partial charge in [0.2, 0.25) is 5.88 Å². The van der Waals surface area contributed by atoms with E-state index in [1.807, 2.05) is 4.90 Å². The molecular weight excluding hydrogens is 312 g/mol. The molecule has 1 aromatic rings. The highest BCUT2D eigenvalue weighted by atomic mass is 16.7. The summed E-state index contributed by atoms with van der Waals surface area (Å²) in [4.78, 5) is 18.8. The van der Waals surface area contributed by atoms with Crippen molar-refractivity contribution < 1.29 is 23.7 Å². The highest BCUT2D eigenvalue weighted by molar-refractivity contribution is 5.94. The second-order valence-electron chi connectivity index (χ2n) is 6.39. The molecule has 1 unspecified atom stereocenters. The largest absolute Gasteiger partial charge is 0.472 e. The molecule has 3 aliphatic rings. The van der Waals surface area contributed by atoms with Gasteiger partial charge in [-0.25, -0.2) is 4.98 Å². The van der Waals surface area contributed by atoms with E-state index in [4.69, 9.17) is 18.9 Å². The summed E-state index contributed by atoms with van der Waals surface area (Å²) >= 11 is 0. The van der Waals surface area contributed by atoms with E-state index < -0.39 is 5.79 Å². The van der Waals surface area contributed by atoms with Crippen LogP contribution in [-0.2, 0) is 14.2 Å². The fraction of sp³-hybridized carbons (Fsp3) is 0.647. The average Bonchev–Trinajstić information content (AvgIpc) is 3.28. The van der Waals surface area contributed by atoms with Gasteiger partial charge < -0.3 is 23.8 Å². The Morgan fingerprint density at radius 1 is 1.25 bits per heavy atom. The number of hydrogen-bond acceptors (Lipinski definition) is 6. The molecule has 3 fully saturated rings. The van der Waals surface area contributed by atoms with Crippen LogP contribution in [0.25, 0.3) is 0 Å². The third-order valence-electron chi connectivity index (χ3n) is 4.78. The van der Waals surface area contributed by atoms with Crippen LogP contribution < -0.4 is 4.74 Å². The molecule has 1 atom stereocenters. The SMILES string of the molecule is O=C(c1ccnc(OC2CCOC2)c1)N1CCC2(CC1)OCCO2. The molecule has 3 aliphatic heterocycles. The van der Waals surface area contributed by atoms with E-state index in [2.05, 4.69) is 4.98 Å². The number of likely N-dealkylation sites (tertiary alicyclic amines) is 1. The van der Waals surface area contributed by atoms with E-state index in [1.165, 1.54) is 0 Å². The minimum atomic E-state index is -0.466. The first-order chi connectivity index (χ1) is 11.7. The maximum absolute atomic E-state index is 12.7. The van der Waals surface area contributed by atoms with Gasteiger partial charge in [0.15, 0.2) is 5.79 Å². The second-order valence-corrected chi connectivity index (χ2v) is 6.39. The first-order valence-electron chi connectivity index (χ1n) is 8.52. The predicted molar refractivity (Wildman–Crippen MR) is 83.9 cm³/mol. The lowest BCUT2D eigenvalue weighted by molar-refractivity contribution is -0.181. The van der Waals surface area contributed by atoms with Crippen LogP contribution in [0.2, 0.25) is 0 Å². The lowest BCUT2D eigenvalue weighted by Gasteiger charge is -2.37. The van der Waals surface area contributed by atoms with E-state index in [0.717, 1.165) is 6.42 Å². The Hall–Kier alpha value is -1.70. The van der Waals surface area contributed by atoms with Gasteiger partial charge in [-0.15, -0.1) is 0 Å². The molecule has 0 aliphatic carbocycles. The number of piperidine rings is 1. The average molecular weight is 334 g/mol. The Kier molecular flexibility index (Phi) is 4.39. The molecular formula is C17H22N2O5. The number of carbonyl (C=O) groups is 1. The number of carbonyl (C=O) groups excluding carboxylic acids is 1. The van der Waals surface area contributed by atoms with Gasteiger partial charge in [0.05, 0.1) is 26.4 Å². The smallest absolute Gasteiger partial charge is 0.254 e. The quantitative estimate of drug-likeness (QED) is 0.828. The number of hydrogen-bond donors (Lipinski definition) is 0. The predicted octanol–water partition coefficient (Wildman–Crippen LogP) is 1.23. The molecule has 1 spiro atoms. The van der Waals surface area contributed by atoms with E-state index in [9.17, 15) is 4.79 Å². The Morgan fingerprint density at radius 3 is 2.75 bits per heavy atom. The van der Waals surface area contributed by atoms with Crippen LogP contribution in [0.5, 0.6) is 5.88 Å². The normalized spacial score (nSPS) is 26.0. The van der Waals surface area contributed by atoms with Crippen molar-refractivity contribution in [2.45, 2.75) is 31.2 Å². The van der Waals surface area contributed by atoms with Crippen molar-refractivity contribution in [1.29, 1.82) is 0 Å². The number of ether oxygens (including phenoxy) is 4. The Bertz CT molecular complexity index is 586. The molecule has 0 aromatic carbocycles. The Morgan fingerprint density at radius 2 is 2.04 bits per heavy atom. The van der Waals surface area contributed by atoms with Gasteiger partial charge in [0.25, 0.3) is 5.91 Å². The highest BCUT2D eigenvalue weighted by Gasteiger charge is 2.40. The molecule has 4 heterocycles. The summed E-state index contributed by atoms with van der Waals surface area (Å²) in [5.41, 5.74) is 0.600. The van der Waals surface area contributed by atoms with Gasteiger partial charge >= 0.3 is 0 Å². The number of pyridine rings is 1. The first kappa shape index (κ1) is 15.8. The number of nitrogens with zero attached hydrogens (tertiary/aromatic N) is 2. The summed E-state index contributed by atoms with van der Waals surface area (Å²) in [6, 6.07) is 3.45. The summed E-state index contributed by atoms with van der Waals surface area (Å²) in [5, 5.41) is 0. The van der Waals surface area contributed by atoms with Crippen molar-refractivity contribution in [3.05, 3.63) is 23.9 Å². The number of amides is 1. The van der Waals surface area contributed by atoms with Crippen molar-refractivity contribution in [3.63, 3.8) is 0 Å². The van der Waals surface area contributed by atoms with Crippen LogP contribution in [-0.4, -0.2) is 67.2 Å². The van der Waals surface area contributed by atoms with Crippen LogP contribution in [0.3, 0.4) is 0 Å². The summed E-state index contributed by atoms with van der Waals surface area (Å²) in [6.07, 6.45) is 3.93. The Balaban J connectivity index is 1.39. The Labute approximate surface area is 140 Å². The lowest BCUT2D eigenvalue weighted by Crippen LogP contribution is -2.47. The minimum absolute atomic E-state index is 0.00207. The van der Waals surface area contributed by atoms with E-state index >= 15 is 0 Å². The molecule has 3 saturated heterocycles.